The maximum atomic E-state index is 12.1. The molecule has 0 amide bonds. The maximum Gasteiger partial charge on any atom is 0.189 e. The van der Waals surface area contributed by atoms with E-state index >= 15 is 0 Å². The summed E-state index contributed by atoms with van der Waals surface area (Å²) < 4.78 is 15.9. The largest absolute Gasteiger partial charge is 0.496 e. The van der Waals surface area contributed by atoms with Gasteiger partial charge in [-0.3, -0.25) is 9.59 Å². The highest BCUT2D eigenvalue weighted by Crippen LogP contribution is 2.36. The fraction of sp³-hybridized carbons (Fsp3) is 0.529. The molecule has 24 heavy (non-hydrogen) atoms. The fourth-order valence-corrected chi connectivity index (χ4v) is 3.11. The zero-order chi connectivity index (χ0) is 18.1. The third kappa shape index (κ3) is 5.72. The molecule has 0 radical (unpaired) electrons. The molecule has 7 heteroatoms. The first-order chi connectivity index (χ1) is 11.5. The molecule has 0 bridgehead atoms. The van der Waals surface area contributed by atoms with E-state index in [9.17, 15) is 9.59 Å². The number of hydrogen-bond acceptors (Lipinski definition) is 7. The molecule has 0 saturated heterocycles. The summed E-state index contributed by atoms with van der Waals surface area (Å²) in [5.74, 6) is 2.32. The van der Waals surface area contributed by atoms with Gasteiger partial charge in [0.05, 0.1) is 27.4 Å². The van der Waals surface area contributed by atoms with Crippen LogP contribution in [0.15, 0.2) is 12.1 Å². The van der Waals surface area contributed by atoms with Crippen molar-refractivity contribution in [1.82, 2.24) is 5.32 Å². The van der Waals surface area contributed by atoms with E-state index in [2.05, 4.69) is 5.32 Å². The van der Waals surface area contributed by atoms with Crippen molar-refractivity contribution >= 4 is 22.7 Å². The Balaban J connectivity index is 2.72. The van der Waals surface area contributed by atoms with Crippen molar-refractivity contribution in [2.24, 2.45) is 0 Å². The Kier molecular flexibility index (Phi) is 8.63. The maximum absolute atomic E-state index is 12.1. The minimum absolute atomic E-state index is 0.0245. The van der Waals surface area contributed by atoms with Crippen molar-refractivity contribution in [2.45, 2.75) is 31.6 Å². The number of thioether (sulfide) groups is 1. The monoisotopic (exact) mass is 355 g/mol. The Morgan fingerprint density at radius 1 is 1.12 bits per heavy atom. The predicted molar refractivity (Wildman–Crippen MR) is 95.2 cm³/mol. The molecule has 6 nitrogen and oxygen atoms in total. The van der Waals surface area contributed by atoms with Gasteiger partial charge in [0.15, 0.2) is 5.12 Å². The van der Waals surface area contributed by atoms with Crippen LogP contribution in [0.1, 0.15) is 25.3 Å². The first kappa shape index (κ1) is 20.3. The lowest BCUT2D eigenvalue weighted by Gasteiger charge is -2.15. The van der Waals surface area contributed by atoms with Gasteiger partial charge in [-0.25, -0.2) is 0 Å². The predicted octanol–water partition coefficient (Wildman–Crippen LogP) is 2.43. The molecule has 1 aromatic carbocycles. The Bertz CT molecular complexity index is 551. The van der Waals surface area contributed by atoms with Gasteiger partial charge >= 0.3 is 0 Å². The Labute approximate surface area is 147 Å². The smallest absolute Gasteiger partial charge is 0.189 e. The molecule has 1 atom stereocenters. The van der Waals surface area contributed by atoms with Gasteiger partial charge in [-0.1, -0.05) is 11.8 Å². The summed E-state index contributed by atoms with van der Waals surface area (Å²) in [6.07, 6.45) is 0.824. The molecule has 1 aromatic rings. The van der Waals surface area contributed by atoms with Gasteiger partial charge in [-0.2, -0.15) is 0 Å². The molecule has 134 valence electrons. The van der Waals surface area contributed by atoms with E-state index in [0.717, 1.165) is 5.56 Å². The molecule has 0 saturated carbocycles. The number of benzene rings is 1. The van der Waals surface area contributed by atoms with E-state index in [1.165, 1.54) is 18.7 Å². The van der Waals surface area contributed by atoms with Crippen molar-refractivity contribution in [3.8, 4) is 17.2 Å². The van der Waals surface area contributed by atoms with Gasteiger partial charge in [-0.05, 0) is 20.4 Å². The second kappa shape index (κ2) is 10.2. The lowest BCUT2D eigenvalue weighted by Crippen LogP contribution is -2.32. The Morgan fingerprint density at radius 2 is 1.71 bits per heavy atom. The van der Waals surface area contributed by atoms with Gasteiger partial charge in [-0.15, -0.1) is 0 Å². The number of Topliss-reactive ketones (excluding diaryl/α,β-unsaturated/α-hetero) is 1. The molecule has 0 fully saturated rings. The van der Waals surface area contributed by atoms with E-state index in [4.69, 9.17) is 14.2 Å². The second-order valence-corrected chi connectivity index (χ2v) is 6.19. The number of rotatable bonds is 10. The number of methoxy groups -OCH3 is 3. The average Bonchev–Trinajstić information content (AvgIpc) is 2.59. The second-order valence-electron chi connectivity index (χ2n) is 5.16. The molecule has 1 N–H and O–H groups in total. The van der Waals surface area contributed by atoms with Crippen LogP contribution in [0.25, 0.3) is 0 Å². The first-order valence-electron chi connectivity index (χ1n) is 7.59. The highest BCUT2D eigenvalue weighted by Gasteiger charge is 2.17. The van der Waals surface area contributed by atoms with E-state index in [1.807, 2.05) is 0 Å². The zero-order valence-electron chi connectivity index (χ0n) is 14.8. The Morgan fingerprint density at radius 3 is 2.12 bits per heavy atom. The lowest BCUT2D eigenvalue weighted by atomic mass is 10.1. The van der Waals surface area contributed by atoms with Crippen molar-refractivity contribution in [3.63, 3.8) is 0 Å². The van der Waals surface area contributed by atoms with Gasteiger partial charge in [0, 0.05) is 29.9 Å². The number of hydrogen-bond donors (Lipinski definition) is 1. The highest BCUT2D eigenvalue weighted by molar-refractivity contribution is 8.12. The molecular formula is C17H25NO5S. The number of ketones is 1. The number of carbonyl (C=O) groups is 2. The van der Waals surface area contributed by atoms with Crippen LogP contribution in [0.5, 0.6) is 17.2 Å². The molecule has 0 heterocycles. The van der Waals surface area contributed by atoms with E-state index in [1.54, 1.807) is 40.5 Å². The van der Waals surface area contributed by atoms with Crippen molar-refractivity contribution in [2.75, 3.05) is 28.4 Å². The SMILES string of the molecule is CN[C@@H](CCC(=O)SCc1c(OC)cc(OC)cc1OC)C(C)=O. The van der Waals surface area contributed by atoms with Crippen LogP contribution in [-0.2, 0) is 15.3 Å². The third-order valence-electron chi connectivity index (χ3n) is 3.67. The van der Waals surface area contributed by atoms with Crippen LogP contribution in [0.3, 0.4) is 0 Å². The molecule has 0 aliphatic heterocycles. The third-order valence-corrected chi connectivity index (χ3v) is 4.63. The number of ether oxygens (including phenoxy) is 3. The fourth-order valence-electron chi connectivity index (χ4n) is 2.26. The van der Waals surface area contributed by atoms with Crippen LogP contribution >= 0.6 is 11.8 Å². The molecule has 0 unspecified atom stereocenters. The topological polar surface area (TPSA) is 73.9 Å². The van der Waals surface area contributed by atoms with E-state index in [-0.39, 0.29) is 16.9 Å². The van der Waals surface area contributed by atoms with Crippen molar-refractivity contribution in [1.29, 1.82) is 0 Å². The molecule has 0 aromatic heterocycles. The number of carbonyl (C=O) groups excluding carboxylic acids is 2. The van der Waals surface area contributed by atoms with Crippen LogP contribution in [0.4, 0.5) is 0 Å². The average molecular weight is 355 g/mol. The van der Waals surface area contributed by atoms with Crippen LogP contribution in [-0.4, -0.2) is 45.3 Å². The summed E-state index contributed by atoms with van der Waals surface area (Å²) in [6.45, 7) is 1.52. The number of nitrogens with one attached hydrogen (secondary N) is 1. The van der Waals surface area contributed by atoms with Gasteiger partial charge in [0.25, 0.3) is 0 Å². The zero-order valence-corrected chi connectivity index (χ0v) is 15.6. The number of likely N-dealkylation sites (N-methyl/N-ethyl adjacent to an activating group) is 1. The Hall–Kier alpha value is -1.73. The standard InChI is InChI=1S/C17H25NO5S/c1-11(19)14(18-2)6-7-17(20)24-10-13-15(22-4)8-12(21-3)9-16(13)23-5/h8-9,14,18H,6-7,10H2,1-5H3/t14-/m0/s1. The molecule has 0 aliphatic carbocycles. The van der Waals surface area contributed by atoms with E-state index in [0.29, 0.717) is 35.8 Å². The summed E-state index contributed by atoms with van der Waals surface area (Å²) >= 11 is 1.19. The van der Waals surface area contributed by atoms with Gasteiger partial charge in [0.1, 0.15) is 23.0 Å². The van der Waals surface area contributed by atoms with Crippen LogP contribution in [0.2, 0.25) is 0 Å². The van der Waals surface area contributed by atoms with Gasteiger partial charge in [0.2, 0.25) is 0 Å². The summed E-state index contributed by atoms with van der Waals surface area (Å²) in [5, 5.41) is 2.94. The van der Waals surface area contributed by atoms with E-state index < -0.39 is 0 Å². The minimum atomic E-state index is -0.278. The van der Waals surface area contributed by atoms with Crippen LogP contribution in [0, 0.1) is 0 Å². The minimum Gasteiger partial charge on any atom is -0.496 e. The highest BCUT2D eigenvalue weighted by atomic mass is 32.2. The van der Waals surface area contributed by atoms with Gasteiger partial charge < -0.3 is 19.5 Å². The molecule has 0 aliphatic rings. The summed E-state index contributed by atoms with van der Waals surface area (Å²) in [6, 6.07) is 3.24. The normalized spacial score (nSPS) is 11.7. The van der Waals surface area contributed by atoms with Crippen LogP contribution < -0.4 is 19.5 Å². The molecule has 0 spiro atoms. The first-order valence-corrected chi connectivity index (χ1v) is 8.57. The quantitative estimate of drug-likeness (QED) is 0.691. The van der Waals surface area contributed by atoms with Crippen molar-refractivity contribution in [3.05, 3.63) is 17.7 Å². The lowest BCUT2D eigenvalue weighted by molar-refractivity contribution is -0.119. The molecule has 1 rings (SSSR count). The summed E-state index contributed by atoms with van der Waals surface area (Å²) in [7, 11) is 6.42. The summed E-state index contributed by atoms with van der Waals surface area (Å²) in [4.78, 5) is 23.5. The van der Waals surface area contributed by atoms with Crippen molar-refractivity contribution < 1.29 is 23.8 Å². The summed E-state index contributed by atoms with van der Waals surface area (Å²) in [5.41, 5.74) is 0.802. The molecular weight excluding hydrogens is 330 g/mol.